The van der Waals surface area contributed by atoms with Gasteiger partial charge in [0.15, 0.2) is 0 Å². The summed E-state index contributed by atoms with van der Waals surface area (Å²) in [6.07, 6.45) is 3.48. The number of carbonyl (C=O) groups is 3. The summed E-state index contributed by atoms with van der Waals surface area (Å²) in [5, 5.41) is 25.4. The van der Waals surface area contributed by atoms with Crippen LogP contribution in [-0.4, -0.2) is 33.2 Å². The van der Waals surface area contributed by atoms with E-state index in [1.54, 1.807) is 36.7 Å². The van der Waals surface area contributed by atoms with Gasteiger partial charge in [-0.3, -0.25) is 4.98 Å². The maximum atomic E-state index is 12.4. The van der Waals surface area contributed by atoms with Crippen LogP contribution in [-0.2, 0) is 0 Å². The number of nitrogens with one attached hydrogen (secondary N) is 2. The molecule has 0 radical (unpaired) electrons. The van der Waals surface area contributed by atoms with Gasteiger partial charge in [0.25, 0.3) is 0 Å². The summed E-state index contributed by atoms with van der Waals surface area (Å²) in [6, 6.07) is 17.3. The van der Waals surface area contributed by atoms with Gasteiger partial charge in [0.1, 0.15) is 0 Å². The zero-order valence-corrected chi connectivity index (χ0v) is 17.6. The van der Waals surface area contributed by atoms with Crippen molar-refractivity contribution in [3.8, 4) is 11.8 Å². The van der Waals surface area contributed by atoms with Crippen molar-refractivity contribution in [2.75, 3.05) is 10.6 Å². The van der Waals surface area contributed by atoms with Crippen molar-refractivity contribution in [2.45, 2.75) is 0 Å². The number of anilines is 2. The lowest BCUT2D eigenvalue weighted by atomic mass is 10.1. The van der Waals surface area contributed by atoms with Crippen LogP contribution in [0.15, 0.2) is 79.1 Å². The van der Waals surface area contributed by atoms with E-state index in [1.807, 2.05) is 24.3 Å². The maximum Gasteiger partial charge on any atom is 0.335 e. The minimum Gasteiger partial charge on any atom is -0.478 e. The van der Waals surface area contributed by atoms with Crippen LogP contribution >= 0.6 is 0 Å². The summed E-state index contributed by atoms with van der Waals surface area (Å²) in [4.78, 5) is 39.1. The number of hydrogen-bond acceptors (Lipinski definition) is 4. The molecule has 0 fully saturated rings. The topological polar surface area (TPSA) is 129 Å². The average molecular weight is 451 g/mol. The molecule has 4 rings (SSSR count). The second-order valence-corrected chi connectivity index (χ2v) is 7.22. The second kappa shape index (κ2) is 9.54. The molecule has 0 aliphatic carbocycles. The van der Waals surface area contributed by atoms with Crippen LogP contribution in [0.25, 0.3) is 10.8 Å². The minimum absolute atomic E-state index is 0.0373. The van der Waals surface area contributed by atoms with Crippen LogP contribution in [0.1, 0.15) is 31.8 Å². The molecule has 0 saturated carbocycles. The Bertz CT molecular complexity index is 1460. The average Bonchev–Trinajstić information content (AvgIpc) is 2.82. The van der Waals surface area contributed by atoms with Crippen molar-refractivity contribution in [3.05, 3.63) is 101 Å². The van der Waals surface area contributed by atoms with Gasteiger partial charge in [-0.05, 0) is 53.9 Å². The van der Waals surface area contributed by atoms with Crippen molar-refractivity contribution in [3.63, 3.8) is 0 Å². The summed E-state index contributed by atoms with van der Waals surface area (Å²) in [6.45, 7) is 0. The largest absolute Gasteiger partial charge is 0.478 e. The van der Waals surface area contributed by atoms with Gasteiger partial charge in [0.2, 0.25) is 0 Å². The molecule has 2 amide bonds. The van der Waals surface area contributed by atoms with Crippen LogP contribution in [0.4, 0.5) is 16.2 Å². The summed E-state index contributed by atoms with van der Waals surface area (Å²) in [7, 11) is 0. The monoisotopic (exact) mass is 451 g/mol. The minimum atomic E-state index is -1.31. The molecule has 34 heavy (non-hydrogen) atoms. The van der Waals surface area contributed by atoms with E-state index in [4.69, 9.17) is 10.2 Å². The number of nitrogens with zero attached hydrogens (tertiary/aromatic N) is 1. The van der Waals surface area contributed by atoms with E-state index in [0.717, 1.165) is 22.4 Å². The van der Waals surface area contributed by atoms with Gasteiger partial charge in [-0.1, -0.05) is 30.0 Å². The van der Waals surface area contributed by atoms with E-state index in [-0.39, 0.29) is 16.8 Å². The highest BCUT2D eigenvalue weighted by Crippen LogP contribution is 2.18. The van der Waals surface area contributed by atoms with Gasteiger partial charge in [0.05, 0.1) is 11.1 Å². The molecule has 0 aliphatic heterocycles. The Morgan fingerprint density at radius 3 is 2.21 bits per heavy atom. The standard InChI is InChI=1S/C26H17N3O5/c30-24(31)19-12-20(25(32)33)14-22(13-19)29-26(34)28-21-6-1-3-16(11-21)7-8-17-4-2-5-18-9-10-27-15-23(17)18/h1-6,9-15H,(H,30,31)(H,32,33)(H2,28,29,34). The van der Waals surface area contributed by atoms with Gasteiger partial charge in [0, 0.05) is 40.3 Å². The van der Waals surface area contributed by atoms with E-state index < -0.39 is 18.0 Å². The first-order chi connectivity index (χ1) is 16.4. The molecule has 1 heterocycles. The van der Waals surface area contributed by atoms with Crippen LogP contribution in [0.2, 0.25) is 0 Å². The van der Waals surface area contributed by atoms with E-state index in [0.29, 0.717) is 11.3 Å². The lowest BCUT2D eigenvalue weighted by Crippen LogP contribution is -2.20. The lowest BCUT2D eigenvalue weighted by Gasteiger charge is -2.09. The summed E-state index contributed by atoms with van der Waals surface area (Å²) in [5.41, 5.74) is 1.48. The smallest absolute Gasteiger partial charge is 0.335 e. The molecule has 4 aromatic rings. The Balaban J connectivity index is 1.51. The maximum absolute atomic E-state index is 12.4. The van der Waals surface area contributed by atoms with Crippen molar-refractivity contribution in [1.29, 1.82) is 0 Å². The van der Waals surface area contributed by atoms with E-state index in [2.05, 4.69) is 27.5 Å². The number of urea groups is 1. The number of rotatable bonds is 4. The fourth-order valence-electron chi connectivity index (χ4n) is 3.28. The number of aromatic nitrogens is 1. The number of hydrogen-bond donors (Lipinski definition) is 4. The first kappa shape index (κ1) is 22.0. The second-order valence-electron chi connectivity index (χ2n) is 7.22. The molecular weight excluding hydrogens is 434 g/mol. The normalized spacial score (nSPS) is 10.1. The number of fused-ring (bicyclic) bond motifs is 1. The van der Waals surface area contributed by atoms with Crippen molar-refractivity contribution in [2.24, 2.45) is 0 Å². The van der Waals surface area contributed by atoms with Gasteiger partial charge >= 0.3 is 18.0 Å². The number of amides is 2. The van der Waals surface area contributed by atoms with Crippen LogP contribution in [0.3, 0.4) is 0 Å². The molecule has 0 bridgehead atoms. The highest BCUT2D eigenvalue weighted by molar-refractivity contribution is 6.02. The molecule has 8 nitrogen and oxygen atoms in total. The number of benzene rings is 3. The molecule has 0 unspecified atom stereocenters. The number of pyridine rings is 1. The van der Waals surface area contributed by atoms with Gasteiger partial charge in [-0.25, -0.2) is 14.4 Å². The highest BCUT2D eigenvalue weighted by Gasteiger charge is 2.13. The predicted octanol–water partition coefficient (Wildman–Crippen LogP) is 4.68. The molecule has 8 heteroatoms. The van der Waals surface area contributed by atoms with Gasteiger partial charge in [-0.2, -0.15) is 0 Å². The molecule has 3 aromatic carbocycles. The molecular formula is C26H17N3O5. The number of carbonyl (C=O) groups excluding carboxylic acids is 1. The fourth-order valence-corrected chi connectivity index (χ4v) is 3.28. The van der Waals surface area contributed by atoms with Crippen LogP contribution in [0.5, 0.6) is 0 Å². The highest BCUT2D eigenvalue weighted by atomic mass is 16.4. The molecule has 4 N–H and O–H groups in total. The molecule has 1 aromatic heterocycles. The Labute approximate surface area is 193 Å². The van der Waals surface area contributed by atoms with E-state index in [9.17, 15) is 14.4 Å². The Morgan fingerprint density at radius 1 is 0.765 bits per heavy atom. The first-order valence-corrected chi connectivity index (χ1v) is 10.0. The SMILES string of the molecule is O=C(Nc1cccc(C#Cc2cccc3ccncc23)c1)Nc1cc(C(=O)O)cc(C(=O)O)c1. The number of aromatic carboxylic acids is 2. The Morgan fingerprint density at radius 2 is 1.47 bits per heavy atom. The van der Waals surface area contributed by atoms with E-state index in [1.165, 1.54) is 12.1 Å². The molecule has 0 aliphatic rings. The van der Waals surface area contributed by atoms with Crippen molar-refractivity contribution < 1.29 is 24.6 Å². The summed E-state index contributed by atoms with van der Waals surface area (Å²) in [5.74, 6) is 3.59. The fraction of sp³-hybridized carbons (Fsp3) is 0. The quantitative estimate of drug-likeness (QED) is 0.334. The third-order valence-corrected chi connectivity index (χ3v) is 4.83. The van der Waals surface area contributed by atoms with Crippen LogP contribution < -0.4 is 10.6 Å². The Hall–Kier alpha value is -5.16. The number of carboxylic acids is 2. The number of carboxylic acid groups (broad SMARTS) is 2. The lowest BCUT2D eigenvalue weighted by molar-refractivity contribution is 0.0696. The predicted molar refractivity (Wildman–Crippen MR) is 127 cm³/mol. The molecule has 0 atom stereocenters. The molecule has 0 saturated heterocycles. The third kappa shape index (κ3) is 5.18. The zero-order valence-electron chi connectivity index (χ0n) is 17.6. The van der Waals surface area contributed by atoms with Crippen molar-refractivity contribution >= 4 is 40.1 Å². The molecule has 0 spiro atoms. The van der Waals surface area contributed by atoms with Gasteiger partial charge in [-0.15, -0.1) is 0 Å². The van der Waals surface area contributed by atoms with Crippen molar-refractivity contribution in [1.82, 2.24) is 4.98 Å². The third-order valence-electron chi connectivity index (χ3n) is 4.83. The van der Waals surface area contributed by atoms with E-state index >= 15 is 0 Å². The summed E-state index contributed by atoms with van der Waals surface area (Å²) < 4.78 is 0. The van der Waals surface area contributed by atoms with Gasteiger partial charge < -0.3 is 20.8 Å². The Kier molecular flexibility index (Phi) is 6.19. The zero-order chi connectivity index (χ0) is 24.1. The molecule has 166 valence electrons. The first-order valence-electron chi connectivity index (χ1n) is 10.0. The van der Waals surface area contributed by atoms with Crippen LogP contribution in [0, 0.1) is 11.8 Å². The summed E-state index contributed by atoms with van der Waals surface area (Å²) >= 11 is 0.